The van der Waals surface area contributed by atoms with Gasteiger partial charge in [-0.3, -0.25) is 0 Å². The topological polar surface area (TPSA) is 85.2 Å². The average Bonchev–Trinajstić information content (AvgIpc) is 3.22. The molecule has 8 heteroatoms. The molecule has 1 aromatic heterocycles. The molecule has 0 amide bonds. The predicted octanol–water partition coefficient (Wildman–Crippen LogP) is 4.41. The van der Waals surface area contributed by atoms with Crippen molar-refractivity contribution in [3.05, 3.63) is 64.0 Å². The van der Waals surface area contributed by atoms with Crippen molar-refractivity contribution in [2.45, 2.75) is 5.60 Å². The van der Waals surface area contributed by atoms with Gasteiger partial charge in [-0.25, -0.2) is 4.79 Å². The summed E-state index contributed by atoms with van der Waals surface area (Å²) in [6.07, 6.45) is 0. The van der Waals surface area contributed by atoms with Crippen molar-refractivity contribution in [2.24, 2.45) is 0 Å². The predicted molar refractivity (Wildman–Crippen MR) is 111 cm³/mol. The van der Waals surface area contributed by atoms with Crippen LogP contribution in [0.5, 0.6) is 17.2 Å². The second kappa shape index (κ2) is 8.32. The maximum atomic E-state index is 12.2. The zero-order valence-electron chi connectivity index (χ0n) is 15.9. The Hall–Kier alpha value is -2.74. The van der Waals surface area contributed by atoms with E-state index in [4.69, 9.17) is 25.8 Å². The van der Waals surface area contributed by atoms with E-state index in [0.717, 1.165) is 10.4 Å². The van der Waals surface area contributed by atoms with E-state index in [1.807, 2.05) is 12.1 Å². The van der Waals surface area contributed by atoms with E-state index in [1.165, 1.54) is 44.8 Å². The molecular formula is C21H19ClO6S. The van der Waals surface area contributed by atoms with E-state index in [2.05, 4.69) is 0 Å². The maximum absolute atomic E-state index is 12.2. The van der Waals surface area contributed by atoms with Crippen LogP contribution in [0.1, 0.15) is 10.4 Å². The number of carboxylic acid groups (broad SMARTS) is 1. The van der Waals surface area contributed by atoms with Crippen molar-refractivity contribution in [3.63, 3.8) is 0 Å². The third-order valence-corrected chi connectivity index (χ3v) is 5.98. The van der Waals surface area contributed by atoms with Gasteiger partial charge in [-0.2, -0.15) is 0 Å². The highest BCUT2D eigenvalue weighted by molar-refractivity contribution is 7.15. The summed E-state index contributed by atoms with van der Waals surface area (Å²) in [5.74, 6) is -0.622. The number of hydrogen-bond donors (Lipinski definition) is 2. The highest BCUT2D eigenvalue weighted by Crippen LogP contribution is 2.45. The zero-order valence-corrected chi connectivity index (χ0v) is 17.5. The van der Waals surface area contributed by atoms with Gasteiger partial charge in [-0.05, 0) is 42.0 Å². The number of carbonyl (C=O) groups is 1. The van der Waals surface area contributed by atoms with Crippen LogP contribution in [-0.4, -0.2) is 37.5 Å². The smallest absolute Gasteiger partial charge is 0.346 e. The monoisotopic (exact) mass is 434 g/mol. The van der Waals surface area contributed by atoms with Gasteiger partial charge >= 0.3 is 5.97 Å². The molecule has 0 aliphatic carbocycles. The molecule has 1 atom stereocenters. The van der Waals surface area contributed by atoms with Crippen molar-refractivity contribution in [1.82, 2.24) is 0 Å². The molecule has 1 unspecified atom stereocenters. The third-order valence-electron chi connectivity index (χ3n) is 4.48. The van der Waals surface area contributed by atoms with E-state index >= 15 is 0 Å². The summed E-state index contributed by atoms with van der Waals surface area (Å²) >= 11 is 7.10. The Balaban J connectivity index is 2.14. The van der Waals surface area contributed by atoms with Crippen LogP contribution < -0.4 is 14.2 Å². The Morgan fingerprint density at radius 2 is 1.55 bits per heavy atom. The Kier molecular flexibility index (Phi) is 6.02. The van der Waals surface area contributed by atoms with Crippen molar-refractivity contribution >= 4 is 28.9 Å². The summed E-state index contributed by atoms with van der Waals surface area (Å²) in [4.78, 5) is 13.2. The number of hydrogen-bond acceptors (Lipinski definition) is 6. The highest BCUT2D eigenvalue weighted by Gasteiger charge is 2.43. The number of benzene rings is 2. The van der Waals surface area contributed by atoms with Gasteiger partial charge in [0.05, 0.1) is 26.2 Å². The molecule has 2 N–H and O–H groups in total. The molecule has 2 aromatic carbocycles. The molecule has 0 saturated carbocycles. The molecule has 3 rings (SSSR count). The van der Waals surface area contributed by atoms with Crippen molar-refractivity contribution in [2.75, 3.05) is 21.3 Å². The molecule has 0 spiro atoms. The molecular weight excluding hydrogens is 416 g/mol. The van der Waals surface area contributed by atoms with Crippen LogP contribution in [0.2, 0.25) is 5.02 Å². The lowest BCUT2D eigenvalue weighted by Gasteiger charge is -2.24. The van der Waals surface area contributed by atoms with Gasteiger partial charge in [-0.15, -0.1) is 11.3 Å². The minimum atomic E-state index is -2.30. The fourth-order valence-electron chi connectivity index (χ4n) is 2.96. The first-order valence-corrected chi connectivity index (χ1v) is 9.67. The second-order valence-corrected chi connectivity index (χ2v) is 7.62. The molecule has 29 heavy (non-hydrogen) atoms. The van der Waals surface area contributed by atoms with Crippen LogP contribution in [0.3, 0.4) is 0 Å². The minimum Gasteiger partial charge on any atom is -0.493 e. The molecule has 1 heterocycles. The van der Waals surface area contributed by atoms with Crippen molar-refractivity contribution < 1.29 is 29.2 Å². The van der Waals surface area contributed by atoms with Gasteiger partial charge in [0, 0.05) is 15.5 Å². The summed E-state index contributed by atoms with van der Waals surface area (Å²) in [7, 11) is 4.29. The summed E-state index contributed by atoms with van der Waals surface area (Å²) in [6.45, 7) is 0. The Morgan fingerprint density at radius 3 is 2.03 bits per heavy atom. The number of aliphatic carboxylic acids is 1. The summed E-state index contributed by atoms with van der Waals surface area (Å²) in [5.41, 5.74) is -1.35. The van der Waals surface area contributed by atoms with E-state index in [-0.39, 0.29) is 21.9 Å². The first-order chi connectivity index (χ1) is 13.8. The summed E-state index contributed by atoms with van der Waals surface area (Å²) in [5, 5.41) is 21.8. The van der Waals surface area contributed by atoms with Crippen LogP contribution in [0, 0.1) is 0 Å². The first-order valence-electron chi connectivity index (χ1n) is 8.47. The second-order valence-electron chi connectivity index (χ2n) is 6.10. The standard InChI is InChI=1S/C21H19ClO6S/c1-26-15-10-13(11-16(27-2)19(15)28-3)21(25,20(23)24)18-9-8-17(29-18)12-4-6-14(22)7-5-12/h4-11,25H,1-3H3,(H,23,24). The number of rotatable bonds is 7. The van der Waals surface area contributed by atoms with E-state index < -0.39 is 11.6 Å². The number of aliphatic hydroxyl groups is 1. The largest absolute Gasteiger partial charge is 0.493 e. The van der Waals surface area contributed by atoms with E-state index in [9.17, 15) is 15.0 Å². The van der Waals surface area contributed by atoms with Crippen LogP contribution in [0.4, 0.5) is 0 Å². The third kappa shape index (κ3) is 3.76. The molecule has 0 bridgehead atoms. The van der Waals surface area contributed by atoms with Gasteiger partial charge < -0.3 is 24.4 Å². The fourth-order valence-corrected chi connectivity index (χ4v) is 4.20. The first kappa shape index (κ1) is 21.0. The molecule has 0 aliphatic rings. The molecule has 6 nitrogen and oxygen atoms in total. The lowest BCUT2D eigenvalue weighted by atomic mass is 9.91. The minimum absolute atomic E-state index is 0.0870. The Morgan fingerprint density at radius 1 is 0.966 bits per heavy atom. The van der Waals surface area contributed by atoms with Crippen LogP contribution in [0.25, 0.3) is 10.4 Å². The zero-order chi connectivity index (χ0) is 21.2. The van der Waals surface area contributed by atoms with Gasteiger partial charge in [0.2, 0.25) is 11.4 Å². The van der Waals surface area contributed by atoms with E-state index in [1.54, 1.807) is 24.3 Å². The van der Waals surface area contributed by atoms with Gasteiger partial charge in [0.1, 0.15) is 0 Å². The van der Waals surface area contributed by atoms with Gasteiger partial charge in [0.15, 0.2) is 11.5 Å². The van der Waals surface area contributed by atoms with Crippen molar-refractivity contribution in [1.29, 1.82) is 0 Å². The van der Waals surface area contributed by atoms with E-state index in [0.29, 0.717) is 10.8 Å². The quantitative estimate of drug-likeness (QED) is 0.572. The van der Waals surface area contributed by atoms with Crippen LogP contribution >= 0.6 is 22.9 Å². The number of thiophene rings is 1. The molecule has 0 saturated heterocycles. The van der Waals surface area contributed by atoms with Gasteiger partial charge in [0.25, 0.3) is 0 Å². The maximum Gasteiger partial charge on any atom is 0.346 e. The average molecular weight is 435 g/mol. The normalized spacial score (nSPS) is 12.9. The van der Waals surface area contributed by atoms with Gasteiger partial charge in [-0.1, -0.05) is 23.7 Å². The van der Waals surface area contributed by atoms with Crippen LogP contribution in [0.15, 0.2) is 48.5 Å². The Bertz CT molecular complexity index is 1000. The fraction of sp³-hybridized carbons (Fsp3) is 0.190. The summed E-state index contributed by atoms with van der Waals surface area (Å²) < 4.78 is 15.9. The highest BCUT2D eigenvalue weighted by atomic mass is 35.5. The molecule has 152 valence electrons. The molecule has 0 aliphatic heterocycles. The number of ether oxygens (including phenoxy) is 3. The lowest BCUT2D eigenvalue weighted by Crippen LogP contribution is -2.36. The Labute approximate surface area is 176 Å². The molecule has 3 aromatic rings. The number of halogens is 1. The number of carboxylic acids is 1. The van der Waals surface area contributed by atoms with Crippen molar-refractivity contribution in [3.8, 4) is 27.7 Å². The summed E-state index contributed by atoms with van der Waals surface area (Å²) in [6, 6.07) is 13.4. The lowest BCUT2D eigenvalue weighted by molar-refractivity contribution is -0.154. The van der Waals surface area contributed by atoms with Crippen LogP contribution in [-0.2, 0) is 10.4 Å². The molecule has 0 radical (unpaired) electrons. The SMILES string of the molecule is COc1cc(C(O)(C(=O)O)c2ccc(-c3ccc(Cl)cc3)s2)cc(OC)c1OC. The molecule has 0 fully saturated rings. The number of methoxy groups -OCH3 is 3.